The summed E-state index contributed by atoms with van der Waals surface area (Å²) in [5.41, 5.74) is 0. The number of hydrogen-bond donors (Lipinski definition) is 1. The molecule has 1 N–H and O–H groups in total. The average molecular weight is 252 g/mol. The SMILES string of the molecule is CCCNC(CCN(C)C)Cc1nccn1CC. The molecule has 1 rings (SSSR count). The molecule has 0 amide bonds. The number of hydrogen-bond acceptors (Lipinski definition) is 3. The number of rotatable bonds is 9. The highest BCUT2D eigenvalue weighted by Gasteiger charge is 2.12. The van der Waals surface area contributed by atoms with Crippen molar-refractivity contribution in [1.29, 1.82) is 0 Å². The van der Waals surface area contributed by atoms with E-state index in [2.05, 4.69) is 53.9 Å². The zero-order chi connectivity index (χ0) is 13.4. The van der Waals surface area contributed by atoms with Crippen LogP contribution in [0.1, 0.15) is 32.5 Å². The molecule has 0 saturated heterocycles. The molecule has 1 aromatic heterocycles. The van der Waals surface area contributed by atoms with Crippen LogP contribution in [0.4, 0.5) is 0 Å². The standard InChI is InChI=1S/C14H28N4/c1-5-8-15-13(7-10-17(3)4)12-14-16-9-11-18(14)6-2/h9,11,13,15H,5-8,10,12H2,1-4H3. The van der Waals surface area contributed by atoms with Gasteiger partial charge in [0.2, 0.25) is 0 Å². The molecule has 0 spiro atoms. The second-order valence-corrected chi connectivity index (χ2v) is 5.08. The second-order valence-electron chi connectivity index (χ2n) is 5.08. The predicted molar refractivity (Wildman–Crippen MR) is 76.9 cm³/mol. The Morgan fingerprint density at radius 3 is 2.78 bits per heavy atom. The van der Waals surface area contributed by atoms with Gasteiger partial charge in [-0.3, -0.25) is 0 Å². The molecule has 1 unspecified atom stereocenters. The molecule has 0 aliphatic rings. The topological polar surface area (TPSA) is 33.1 Å². The van der Waals surface area contributed by atoms with Gasteiger partial charge in [-0.2, -0.15) is 0 Å². The average Bonchev–Trinajstić information content (AvgIpc) is 2.79. The van der Waals surface area contributed by atoms with Gasteiger partial charge in [0, 0.05) is 31.4 Å². The Morgan fingerprint density at radius 2 is 2.17 bits per heavy atom. The first-order chi connectivity index (χ1) is 8.67. The van der Waals surface area contributed by atoms with Crippen molar-refractivity contribution < 1.29 is 0 Å². The molecule has 1 atom stereocenters. The highest BCUT2D eigenvalue weighted by molar-refractivity contribution is 4.95. The maximum atomic E-state index is 4.47. The summed E-state index contributed by atoms with van der Waals surface area (Å²) in [4.78, 5) is 6.71. The fourth-order valence-corrected chi connectivity index (χ4v) is 2.08. The molecule has 1 heterocycles. The lowest BCUT2D eigenvalue weighted by molar-refractivity contribution is 0.352. The summed E-state index contributed by atoms with van der Waals surface area (Å²) in [6.45, 7) is 7.59. The fourth-order valence-electron chi connectivity index (χ4n) is 2.08. The minimum Gasteiger partial charge on any atom is -0.335 e. The predicted octanol–water partition coefficient (Wildman–Crippen LogP) is 1.77. The van der Waals surface area contributed by atoms with Crippen molar-refractivity contribution in [3.8, 4) is 0 Å². The van der Waals surface area contributed by atoms with Gasteiger partial charge >= 0.3 is 0 Å². The van der Waals surface area contributed by atoms with Gasteiger partial charge in [0.25, 0.3) is 0 Å². The monoisotopic (exact) mass is 252 g/mol. The third-order valence-corrected chi connectivity index (χ3v) is 3.18. The molecule has 18 heavy (non-hydrogen) atoms. The van der Waals surface area contributed by atoms with E-state index in [0.717, 1.165) is 26.1 Å². The van der Waals surface area contributed by atoms with Crippen LogP contribution >= 0.6 is 0 Å². The van der Waals surface area contributed by atoms with Gasteiger partial charge in [0.1, 0.15) is 5.82 Å². The van der Waals surface area contributed by atoms with Crippen LogP contribution in [0.5, 0.6) is 0 Å². The third kappa shape index (κ3) is 5.19. The van der Waals surface area contributed by atoms with Crippen LogP contribution in [0.3, 0.4) is 0 Å². The van der Waals surface area contributed by atoms with E-state index in [-0.39, 0.29) is 0 Å². The van der Waals surface area contributed by atoms with E-state index in [1.807, 2.05) is 6.20 Å². The highest BCUT2D eigenvalue weighted by Crippen LogP contribution is 2.05. The molecule has 0 fully saturated rings. The van der Waals surface area contributed by atoms with Gasteiger partial charge in [-0.05, 0) is 47.0 Å². The van der Waals surface area contributed by atoms with Gasteiger partial charge in [-0.1, -0.05) is 6.92 Å². The van der Waals surface area contributed by atoms with Crippen LogP contribution < -0.4 is 5.32 Å². The van der Waals surface area contributed by atoms with Gasteiger partial charge in [0.05, 0.1) is 0 Å². The van der Waals surface area contributed by atoms with E-state index < -0.39 is 0 Å². The Hall–Kier alpha value is -0.870. The molecule has 0 bridgehead atoms. The minimum atomic E-state index is 0.528. The van der Waals surface area contributed by atoms with Crippen molar-refractivity contribution in [2.75, 3.05) is 27.2 Å². The maximum Gasteiger partial charge on any atom is 0.110 e. The van der Waals surface area contributed by atoms with E-state index in [1.54, 1.807) is 0 Å². The summed E-state index contributed by atoms with van der Waals surface area (Å²) in [7, 11) is 4.26. The molecule has 4 nitrogen and oxygen atoms in total. The molecule has 0 aliphatic heterocycles. The summed E-state index contributed by atoms with van der Waals surface area (Å²) >= 11 is 0. The minimum absolute atomic E-state index is 0.528. The highest BCUT2D eigenvalue weighted by atomic mass is 15.1. The van der Waals surface area contributed by atoms with Crippen molar-refractivity contribution in [2.45, 2.75) is 45.7 Å². The Balaban J connectivity index is 2.53. The molecular formula is C14H28N4. The molecule has 0 saturated carbocycles. The first kappa shape index (κ1) is 15.2. The lowest BCUT2D eigenvalue weighted by Gasteiger charge is -2.20. The first-order valence-electron chi connectivity index (χ1n) is 7.05. The zero-order valence-electron chi connectivity index (χ0n) is 12.3. The van der Waals surface area contributed by atoms with E-state index >= 15 is 0 Å². The Kier molecular flexibility index (Phi) is 6.98. The number of nitrogens with one attached hydrogen (secondary N) is 1. The first-order valence-corrected chi connectivity index (χ1v) is 7.05. The van der Waals surface area contributed by atoms with Crippen LogP contribution in [0.2, 0.25) is 0 Å². The van der Waals surface area contributed by atoms with Crippen molar-refractivity contribution >= 4 is 0 Å². The summed E-state index contributed by atoms with van der Waals surface area (Å²) < 4.78 is 2.23. The quantitative estimate of drug-likeness (QED) is 0.727. The fraction of sp³-hybridized carbons (Fsp3) is 0.786. The van der Waals surface area contributed by atoms with Gasteiger partial charge < -0.3 is 14.8 Å². The molecule has 4 heteroatoms. The largest absolute Gasteiger partial charge is 0.335 e. The summed E-state index contributed by atoms with van der Waals surface area (Å²) in [6.07, 6.45) is 7.35. The van der Waals surface area contributed by atoms with Gasteiger partial charge in [-0.25, -0.2) is 4.98 Å². The number of nitrogens with zero attached hydrogens (tertiary/aromatic N) is 3. The lowest BCUT2D eigenvalue weighted by atomic mass is 10.1. The summed E-state index contributed by atoms with van der Waals surface area (Å²) in [5, 5.41) is 3.63. The van der Waals surface area contributed by atoms with E-state index in [4.69, 9.17) is 0 Å². The number of aryl methyl sites for hydroxylation is 1. The van der Waals surface area contributed by atoms with Crippen LogP contribution in [0, 0.1) is 0 Å². The molecule has 0 radical (unpaired) electrons. The van der Waals surface area contributed by atoms with Crippen LogP contribution in [-0.2, 0) is 13.0 Å². The smallest absolute Gasteiger partial charge is 0.110 e. The normalized spacial score (nSPS) is 13.2. The lowest BCUT2D eigenvalue weighted by Crippen LogP contribution is -2.35. The molecule has 104 valence electrons. The molecular weight excluding hydrogens is 224 g/mol. The zero-order valence-corrected chi connectivity index (χ0v) is 12.3. The van der Waals surface area contributed by atoms with Crippen LogP contribution in [0.15, 0.2) is 12.4 Å². The molecule has 0 aromatic carbocycles. The van der Waals surface area contributed by atoms with Crippen molar-refractivity contribution in [1.82, 2.24) is 19.8 Å². The van der Waals surface area contributed by atoms with Crippen molar-refractivity contribution in [3.05, 3.63) is 18.2 Å². The Morgan fingerprint density at radius 1 is 1.39 bits per heavy atom. The van der Waals surface area contributed by atoms with Crippen molar-refractivity contribution in [3.63, 3.8) is 0 Å². The van der Waals surface area contributed by atoms with E-state index in [9.17, 15) is 0 Å². The Labute approximate surface area is 111 Å². The van der Waals surface area contributed by atoms with E-state index in [1.165, 1.54) is 18.7 Å². The second kappa shape index (κ2) is 8.27. The number of imidazole rings is 1. The maximum absolute atomic E-state index is 4.47. The summed E-state index contributed by atoms with van der Waals surface area (Å²) in [5.74, 6) is 1.20. The summed E-state index contributed by atoms with van der Waals surface area (Å²) in [6, 6.07) is 0.528. The molecule has 1 aromatic rings. The van der Waals surface area contributed by atoms with Crippen molar-refractivity contribution in [2.24, 2.45) is 0 Å². The third-order valence-electron chi connectivity index (χ3n) is 3.18. The van der Waals surface area contributed by atoms with Crippen LogP contribution in [0.25, 0.3) is 0 Å². The number of aromatic nitrogens is 2. The van der Waals surface area contributed by atoms with E-state index in [0.29, 0.717) is 6.04 Å². The van der Waals surface area contributed by atoms with Gasteiger partial charge in [0.15, 0.2) is 0 Å². The molecule has 0 aliphatic carbocycles. The Bertz CT molecular complexity index is 319. The van der Waals surface area contributed by atoms with Gasteiger partial charge in [-0.15, -0.1) is 0 Å². The van der Waals surface area contributed by atoms with Crippen LogP contribution in [-0.4, -0.2) is 47.7 Å².